The first-order valence-electron chi connectivity index (χ1n) is 8.51. The fraction of sp³-hybridized carbons (Fsp3) is 0.579. The van der Waals surface area contributed by atoms with Gasteiger partial charge < -0.3 is 20.5 Å². The summed E-state index contributed by atoms with van der Waals surface area (Å²) in [6.45, 7) is 8.40. The first-order chi connectivity index (χ1) is 11.7. The molecule has 0 bridgehead atoms. The minimum absolute atomic E-state index is 0. The second-order valence-corrected chi connectivity index (χ2v) is 7.09. The van der Waals surface area contributed by atoms with Gasteiger partial charge in [0.2, 0.25) is 5.91 Å². The number of halogens is 1. The van der Waals surface area contributed by atoms with Crippen LogP contribution >= 0.6 is 12.4 Å². The Morgan fingerprint density at radius 1 is 1.19 bits per heavy atom. The topological polar surface area (TPSA) is 90.6 Å². The van der Waals surface area contributed by atoms with Gasteiger partial charge in [0, 0.05) is 6.54 Å². The van der Waals surface area contributed by atoms with Crippen LogP contribution in [0.15, 0.2) is 24.3 Å². The van der Waals surface area contributed by atoms with Crippen LogP contribution in [0.2, 0.25) is 0 Å². The molecule has 3 N–H and O–H groups in total. The highest BCUT2D eigenvalue weighted by atomic mass is 35.5. The fourth-order valence-electron chi connectivity index (χ4n) is 2.31. The Balaban J connectivity index is 0.00000625. The number of carbonyl (C=O) groups is 2. The number of ether oxygens (including phenoxy) is 2. The van der Waals surface area contributed by atoms with E-state index in [0.29, 0.717) is 13.0 Å². The van der Waals surface area contributed by atoms with Crippen molar-refractivity contribution in [2.75, 3.05) is 20.3 Å². The van der Waals surface area contributed by atoms with Crippen LogP contribution < -0.4 is 15.8 Å². The van der Waals surface area contributed by atoms with Gasteiger partial charge in [-0.1, -0.05) is 32.9 Å². The summed E-state index contributed by atoms with van der Waals surface area (Å²) in [5.74, 6) is -0.323. The first-order valence-corrected chi connectivity index (χ1v) is 8.51. The van der Waals surface area contributed by atoms with Crippen molar-refractivity contribution in [2.45, 2.75) is 40.2 Å². The summed E-state index contributed by atoms with van der Waals surface area (Å²) < 4.78 is 10.3. The van der Waals surface area contributed by atoms with Crippen molar-refractivity contribution in [3.63, 3.8) is 0 Å². The van der Waals surface area contributed by atoms with Gasteiger partial charge in [0.1, 0.15) is 5.75 Å². The smallest absolute Gasteiger partial charge is 0.310 e. The molecule has 0 fully saturated rings. The maximum atomic E-state index is 12.2. The van der Waals surface area contributed by atoms with Crippen LogP contribution in [-0.4, -0.2) is 38.2 Å². The van der Waals surface area contributed by atoms with Crippen LogP contribution in [0, 0.1) is 11.3 Å². The highest BCUT2D eigenvalue weighted by Crippen LogP contribution is 2.18. The summed E-state index contributed by atoms with van der Waals surface area (Å²) >= 11 is 0. The normalized spacial score (nSPS) is 13.2. The summed E-state index contributed by atoms with van der Waals surface area (Å²) in [6.07, 6.45) is 0.462. The number of methoxy groups -OCH3 is 1. The van der Waals surface area contributed by atoms with Crippen molar-refractivity contribution in [2.24, 2.45) is 17.1 Å². The van der Waals surface area contributed by atoms with E-state index in [1.807, 2.05) is 52.0 Å². The first kappa shape index (κ1) is 24.2. The van der Waals surface area contributed by atoms with Crippen LogP contribution in [0.5, 0.6) is 5.75 Å². The summed E-state index contributed by atoms with van der Waals surface area (Å²) in [5.41, 5.74) is 6.56. The second kappa shape index (κ2) is 11.0. The van der Waals surface area contributed by atoms with E-state index in [4.69, 9.17) is 15.2 Å². The maximum Gasteiger partial charge on any atom is 0.310 e. The third-order valence-electron chi connectivity index (χ3n) is 3.99. The number of benzene rings is 1. The number of carbonyl (C=O) groups excluding carboxylic acids is 2. The highest BCUT2D eigenvalue weighted by molar-refractivity contribution is 5.85. The molecule has 0 aliphatic carbocycles. The Kier molecular flexibility index (Phi) is 10.3. The molecule has 0 aliphatic heterocycles. The summed E-state index contributed by atoms with van der Waals surface area (Å²) in [6, 6.07) is 6.90. The third-order valence-corrected chi connectivity index (χ3v) is 3.99. The van der Waals surface area contributed by atoms with E-state index in [9.17, 15) is 9.59 Å². The van der Waals surface area contributed by atoms with Gasteiger partial charge in [0.05, 0.1) is 25.7 Å². The Hall–Kier alpha value is -1.79. The van der Waals surface area contributed by atoms with E-state index in [2.05, 4.69) is 5.32 Å². The SMILES string of the molecule is CCOc1ccc(CC(CNC(=O)[C@@H](N)C(C)(C)C)C(=O)OC)cc1.Cl. The van der Waals surface area contributed by atoms with Gasteiger partial charge in [0.25, 0.3) is 0 Å². The zero-order valence-electron chi connectivity index (χ0n) is 16.2. The number of nitrogens with one attached hydrogen (secondary N) is 1. The van der Waals surface area contributed by atoms with Gasteiger partial charge in [-0.15, -0.1) is 12.4 Å². The Morgan fingerprint density at radius 3 is 2.23 bits per heavy atom. The number of rotatable bonds is 8. The number of amides is 1. The van der Waals surface area contributed by atoms with Crippen LogP contribution in [0.3, 0.4) is 0 Å². The average Bonchev–Trinajstić information content (AvgIpc) is 2.57. The van der Waals surface area contributed by atoms with Crippen LogP contribution in [0.1, 0.15) is 33.3 Å². The van der Waals surface area contributed by atoms with Crippen LogP contribution in [0.4, 0.5) is 0 Å². The van der Waals surface area contributed by atoms with Crippen molar-refractivity contribution in [1.29, 1.82) is 0 Å². The summed E-state index contributed by atoms with van der Waals surface area (Å²) in [7, 11) is 1.34. The van der Waals surface area contributed by atoms with Crippen molar-refractivity contribution in [1.82, 2.24) is 5.32 Å². The molecule has 0 aromatic heterocycles. The van der Waals surface area contributed by atoms with Gasteiger partial charge in [-0.05, 0) is 36.5 Å². The van der Waals surface area contributed by atoms with Gasteiger partial charge >= 0.3 is 5.97 Å². The largest absolute Gasteiger partial charge is 0.494 e. The van der Waals surface area contributed by atoms with Gasteiger partial charge in [-0.2, -0.15) is 0 Å². The van der Waals surface area contributed by atoms with E-state index in [1.54, 1.807) is 0 Å². The predicted octanol–water partition coefficient (Wildman–Crippen LogP) is 2.33. The number of nitrogens with two attached hydrogens (primary N) is 1. The minimum Gasteiger partial charge on any atom is -0.494 e. The molecule has 1 aromatic rings. The lowest BCUT2D eigenvalue weighted by Gasteiger charge is -2.26. The molecule has 1 aromatic carbocycles. The van der Waals surface area contributed by atoms with Gasteiger partial charge in [0.15, 0.2) is 0 Å². The zero-order valence-corrected chi connectivity index (χ0v) is 17.0. The molecule has 1 unspecified atom stereocenters. The van der Waals surface area contributed by atoms with E-state index in [0.717, 1.165) is 11.3 Å². The lowest BCUT2D eigenvalue weighted by atomic mass is 9.87. The van der Waals surface area contributed by atoms with E-state index in [-0.39, 0.29) is 36.2 Å². The Bertz CT molecular complexity index is 570. The standard InChI is InChI=1S/C19H30N2O4.ClH/c1-6-25-15-9-7-13(8-10-15)11-14(18(23)24-5)12-21-17(22)16(20)19(2,3)4;/h7-10,14,16H,6,11-12,20H2,1-5H3,(H,21,22);1H/t14?,16-;/m1./s1. The monoisotopic (exact) mass is 386 g/mol. The quantitative estimate of drug-likeness (QED) is 0.669. The number of esters is 1. The van der Waals surface area contributed by atoms with Crippen molar-refractivity contribution in [3.8, 4) is 5.75 Å². The minimum atomic E-state index is -0.642. The molecule has 0 saturated heterocycles. The van der Waals surface area contributed by atoms with Crippen LogP contribution in [0.25, 0.3) is 0 Å². The molecular formula is C19H31ClN2O4. The molecule has 1 rings (SSSR count). The van der Waals surface area contributed by atoms with Gasteiger partial charge in [-0.25, -0.2) is 0 Å². The van der Waals surface area contributed by atoms with Crippen LogP contribution in [-0.2, 0) is 20.7 Å². The molecule has 26 heavy (non-hydrogen) atoms. The molecule has 7 heteroatoms. The molecule has 148 valence electrons. The molecule has 6 nitrogen and oxygen atoms in total. The summed E-state index contributed by atoms with van der Waals surface area (Å²) in [5, 5.41) is 2.77. The molecule has 1 amide bonds. The van der Waals surface area contributed by atoms with Gasteiger partial charge in [-0.3, -0.25) is 9.59 Å². The molecule has 0 aliphatic rings. The number of hydrogen-bond donors (Lipinski definition) is 2. The molecule has 0 radical (unpaired) electrons. The number of hydrogen-bond acceptors (Lipinski definition) is 5. The lowest BCUT2D eigenvalue weighted by molar-refractivity contribution is -0.145. The molecule has 0 saturated carbocycles. The average molecular weight is 387 g/mol. The van der Waals surface area contributed by atoms with Crippen molar-refractivity contribution < 1.29 is 19.1 Å². The maximum absolute atomic E-state index is 12.2. The molecule has 0 heterocycles. The van der Waals surface area contributed by atoms with E-state index in [1.165, 1.54) is 7.11 Å². The molecule has 2 atom stereocenters. The molecule has 0 spiro atoms. The van der Waals surface area contributed by atoms with E-state index < -0.39 is 12.0 Å². The highest BCUT2D eigenvalue weighted by Gasteiger charge is 2.29. The van der Waals surface area contributed by atoms with E-state index >= 15 is 0 Å². The molecular weight excluding hydrogens is 356 g/mol. The third kappa shape index (κ3) is 7.62. The predicted molar refractivity (Wildman–Crippen MR) is 105 cm³/mol. The van der Waals surface area contributed by atoms with Crippen molar-refractivity contribution >= 4 is 24.3 Å². The lowest BCUT2D eigenvalue weighted by Crippen LogP contribution is -2.50. The summed E-state index contributed by atoms with van der Waals surface area (Å²) in [4.78, 5) is 24.2. The zero-order chi connectivity index (χ0) is 19.0. The Labute approximate surface area is 162 Å². The fourth-order valence-corrected chi connectivity index (χ4v) is 2.31. The van der Waals surface area contributed by atoms with Crippen molar-refractivity contribution in [3.05, 3.63) is 29.8 Å². The second-order valence-electron chi connectivity index (χ2n) is 7.09. The Morgan fingerprint density at radius 2 is 1.77 bits per heavy atom.